The lowest BCUT2D eigenvalue weighted by Gasteiger charge is -2.34. The maximum atomic E-state index is 6.58. The van der Waals surface area contributed by atoms with Crippen molar-refractivity contribution in [3.63, 3.8) is 0 Å². The van der Waals surface area contributed by atoms with E-state index in [1.54, 1.807) is 6.20 Å². The SMILES string of the molecule is N/C=C\c1ccccc1CC/C=C(\N)c1ccc(C2(c3ccccc3)c3ccccc3-c3ccccc32)cc1. The molecule has 4 N–H and O–H groups in total. The normalized spacial score (nSPS) is 13.8. The van der Waals surface area contributed by atoms with E-state index >= 15 is 0 Å². The van der Waals surface area contributed by atoms with Gasteiger partial charge in [0, 0.05) is 5.70 Å². The smallest absolute Gasteiger partial charge is 0.0713 e. The van der Waals surface area contributed by atoms with E-state index in [-0.39, 0.29) is 5.41 Å². The zero-order chi connectivity index (χ0) is 26.7. The van der Waals surface area contributed by atoms with Crippen LogP contribution < -0.4 is 11.5 Å². The van der Waals surface area contributed by atoms with Crippen molar-refractivity contribution in [2.45, 2.75) is 18.3 Å². The Balaban J connectivity index is 1.37. The lowest BCUT2D eigenvalue weighted by atomic mass is 9.67. The maximum Gasteiger partial charge on any atom is 0.0713 e. The summed E-state index contributed by atoms with van der Waals surface area (Å²) in [4.78, 5) is 0. The largest absolute Gasteiger partial charge is 0.405 e. The lowest BCUT2D eigenvalue weighted by Crippen LogP contribution is -2.28. The fraction of sp³-hybridized carbons (Fsp3) is 0.0811. The van der Waals surface area contributed by atoms with Crippen LogP contribution in [0.5, 0.6) is 0 Å². The molecule has 0 heterocycles. The van der Waals surface area contributed by atoms with Gasteiger partial charge < -0.3 is 11.5 Å². The van der Waals surface area contributed by atoms with Gasteiger partial charge in [-0.1, -0.05) is 133 Å². The summed E-state index contributed by atoms with van der Waals surface area (Å²) in [5.74, 6) is 0. The molecule has 190 valence electrons. The molecule has 0 fully saturated rings. The number of fused-ring (bicyclic) bond motifs is 3. The van der Waals surface area contributed by atoms with Crippen molar-refractivity contribution >= 4 is 11.8 Å². The standard InChI is InChI=1S/C37H32N2/c38-26-25-28-12-5-4-11-27(28)13-10-20-36(39)29-21-23-31(24-22-29)37(30-14-2-1-3-15-30)34-18-8-6-16-32(34)33-17-7-9-19-35(33)37/h1-9,11-12,14-26H,10,13,38-39H2/b26-25-,36-20-. The molecule has 1 aliphatic rings. The number of hydrogen-bond acceptors (Lipinski definition) is 2. The van der Waals surface area contributed by atoms with Crippen molar-refractivity contribution in [3.8, 4) is 11.1 Å². The van der Waals surface area contributed by atoms with E-state index in [0.717, 1.165) is 29.7 Å². The molecule has 39 heavy (non-hydrogen) atoms. The Morgan fingerprint density at radius 1 is 0.615 bits per heavy atom. The highest BCUT2D eigenvalue weighted by molar-refractivity contribution is 5.86. The molecule has 5 aromatic rings. The van der Waals surface area contributed by atoms with Gasteiger partial charge in [0.1, 0.15) is 0 Å². The Bertz CT molecular complexity index is 1610. The number of nitrogens with two attached hydrogens (primary N) is 2. The second-order valence-electron chi connectivity index (χ2n) is 10.0. The Morgan fingerprint density at radius 2 is 1.18 bits per heavy atom. The van der Waals surface area contributed by atoms with Crippen molar-refractivity contribution < 1.29 is 0 Å². The molecule has 0 amide bonds. The third-order valence-corrected chi connectivity index (χ3v) is 7.92. The highest BCUT2D eigenvalue weighted by atomic mass is 14.6. The summed E-state index contributed by atoms with van der Waals surface area (Å²) in [5.41, 5.74) is 23.8. The third-order valence-electron chi connectivity index (χ3n) is 7.92. The molecule has 0 unspecified atom stereocenters. The maximum absolute atomic E-state index is 6.58. The van der Waals surface area contributed by atoms with Crippen molar-refractivity contribution in [2.75, 3.05) is 0 Å². The van der Waals surface area contributed by atoms with E-state index in [0.29, 0.717) is 0 Å². The van der Waals surface area contributed by atoms with Crippen molar-refractivity contribution in [1.82, 2.24) is 0 Å². The van der Waals surface area contributed by atoms with Crippen molar-refractivity contribution in [1.29, 1.82) is 0 Å². The van der Waals surface area contributed by atoms with Gasteiger partial charge in [0.2, 0.25) is 0 Å². The Hall–Kier alpha value is -4.82. The minimum atomic E-state index is -0.383. The highest BCUT2D eigenvalue weighted by Crippen LogP contribution is 2.55. The van der Waals surface area contributed by atoms with Gasteiger partial charge >= 0.3 is 0 Å². The van der Waals surface area contributed by atoms with E-state index in [2.05, 4.69) is 127 Å². The summed E-state index contributed by atoms with van der Waals surface area (Å²) < 4.78 is 0. The second kappa shape index (κ2) is 10.5. The second-order valence-corrected chi connectivity index (χ2v) is 10.0. The van der Waals surface area contributed by atoms with Gasteiger partial charge in [0.25, 0.3) is 0 Å². The Kier molecular flexibility index (Phi) is 6.61. The molecule has 0 spiro atoms. The average molecular weight is 505 g/mol. The number of hydrogen-bond donors (Lipinski definition) is 2. The first-order chi connectivity index (χ1) is 19.2. The van der Waals surface area contributed by atoms with Crippen LogP contribution in [-0.2, 0) is 11.8 Å². The van der Waals surface area contributed by atoms with Gasteiger partial charge in [-0.25, -0.2) is 0 Å². The fourth-order valence-corrected chi connectivity index (χ4v) is 6.15. The number of rotatable bonds is 7. The van der Waals surface area contributed by atoms with Crippen molar-refractivity contribution in [3.05, 3.63) is 179 Å². The predicted molar refractivity (Wildman–Crippen MR) is 164 cm³/mol. The molecule has 0 aromatic heterocycles. The van der Waals surface area contributed by atoms with Crippen LogP contribution in [0.15, 0.2) is 140 Å². The first kappa shape index (κ1) is 24.5. The zero-order valence-electron chi connectivity index (χ0n) is 21.9. The average Bonchev–Trinajstić information content (AvgIpc) is 3.30. The van der Waals surface area contributed by atoms with Gasteiger partial charge in [-0.2, -0.15) is 0 Å². The Morgan fingerprint density at radius 3 is 1.85 bits per heavy atom. The van der Waals surface area contributed by atoms with Crippen LogP contribution in [0.4, 0.5) is 0 Å². The zero-order valence-corrected chi connectivity index (χ0v) is 21.9. The van der Waals surface area contributed by atoms with Crippen LogP contribution in [0.25, 0.3) is 22.9 Å². The summed E-state index contributed by atoms with van der Waals surface area (Å²) in [7, 11) is 0. The number of aryl methyl sites for hydroxylation is 1. The molecule has 6 rings (SSSR count). The molecule has 0 bridgehead atoms. The van der Waals surface area contributed by atoms with E-state index in [4.69, 9.17) is 11.5 Å². The number of allylic oxidation sites excluding steroid dienone is 1. The molecular formula is C37H32N2. The van der Waals surface area contributed by atoms with Crippen molar-refractivity contribution in [2.24, 2.45) is 11.5 Å². The summed E-state index contributed by atoms with van der Waals surface area (Å²) in [6.07, 6.45) is 7.43. The van der Waals surface area contributed by atoms with Crippen LogP contribution >= 0.6 is 0 Å². The number of benzene rings is 5. The molecule has 0 saturated heterocycles. The van der Waals surface area contributed by atoms with Crippen LogP contribution in [-0.4, -0.2) is 0 Å². The van der Waals surface area contributed by atoms with E-state index < -0.39 is 0 Å². The van der Waals surface area contributed by atoms with Crippen LogP contribution in [0.2, 0.25) is 0 Å². The lowest BCUT2D eigenvalue weighted by molar-refractivity contribution is 0.768. The van der Waals surface area contributed by atoms with Gasteiger partial charge in [0.05, 0.1) is 5.41 Å². The topological polar surface area (TPSA) is 52.0 Å². The summed E-state index contributed by atoms with van der Waals surface area (Å²) in [5, 5.41) is 0. The van der Waals surface area contributed by atoms with Gasteiger partial charge in [-0.3, -0.25) is 0 Å². The molecule has 5 aromatic carbocycles. The summed E-state index contributed by atoms with van der Waals surface area (Å²) in [6, 6.07) is 45.7. The molecule has 0 radical (unpaired) electrons. The van der Waals surface area contributed by atoms with Crippen LogP contribution in [0.1, 0.15) is 45.4 Å². The van der Waals surface area contributed by atoms with Crippen LogP contribution in [0.3, 0.4) is 0 Å². The van der Waals surface area contributed by atoms with E-state index in [1.165, 1.54) is 38.9 Å². The fourth-order valence-electron chi connectivity index (χ4n) is 6.15. The molecule has 1 aliphatic carbocycles. The van der Waals surface area contributed by atoms with E-state index in [1.807, 2.05) is 12.1 Å². The molecule has 0 aliphatic heterocycles. The molecule has 0 saturated carbocycles. The monoisotopic (exact) mass is 504 g/mol. The third kappa shape index (κ3) is 4.24. The minimum Gasteiger partial charge on any atom is -0.405 e. The molecule has 0 atom stereocenters. The first-order valence-electron chi connectivity index (χ1n) is 13.5. The van der Waals surface area contributed by atoms with Gasteiger partial charge in [-0.15, -0.1) is 0 Å². The first-order valence-corrected chi connectivity index (χ1v) is 13.5. The molecular weight excluding hydrogens is 472 g/mol. The highest BCUT2D eigenvalue weighted by Gasteiger charge is 2.45. The Labute approximate surface area is 231 Å². The molecule has 2 heteroatoms. The quantitative estimate of drug-likeness (QED) is 0.232. The van der Waals surface area contributed by atoms with Gasteiger partial charge in [0.15, 0.2) is 0 Å². The molecule has 2 nitrogen and oxygen atoms in total. The van der Waals surface area contributed by atoms with Crippen LogP contribution in [0, 0.1) is 0 Å². The summed E-state index contributed by atoms with van der Waals surface area (Å²) >= 11 is 0. The van der Waals surface area contributed by atoms with Gasteiger partial charge in [-0.05, 0) is 75.2 Å². The predicted octanol–water partition coefficient (Wildman–Crippen LogP) is 7.91. The minimum absolute atomic E-state index is 0.383. The van der Waals surface area contributed by atoms with E-state index in [9.17, 15) is 0 Å². The summed E-state index contributed by atoms with van der Waals surface area (Å²) in [6.45, 7) is 0.